The molecule has 4 aromatic rings. The molecule has 0 aliphatic rings. The van der Waals surface area contributed by atoms with Gasteiger partial charge in [0.15, 0.2) is 5.58 Å². The molecule has 1 N–H and O–H groups in total. The van der Waals surface area contributed by atoms with Crippen molar-refractivity contribution in [3.05, 3.63) is 80.4 Å². The third kappa shape index (κ3) is 3.62. The summed E-state index contributed by atoms with van der Waals surface area (Å²) in [6, 6.07) is 13.8. The number of nitro groups is 1. The van der Waals surface area contributed by atoms with Crippen LogP contribution in [-0.2, 0) is 0 Å². The second kappa shape index (κ2) is 7.61. The largest absolute Gasteiger partial charge is 0.502 e. The highest BCUT2D eigenvalue weighted by Crippen LogP contribution is 2.34. The summed E-state index contributed by atoms with van der Waals surface area (Å²) in [5.74, 6) is -0.0114. The lowest BCUT2D eigenvalue weighted by atomic mass is 10.1. The minimum atomic E-state index is -0.695. The molecule has 0 spiro atoms. The third-order valence-corrected chi connectivity index (χ3v) is 4.92. The number of hydrogen-bond donors (Lipinski definition) is 1. The topological polar surface area (TPSA) is 102 Å². The Balaban J connectivity index is 1.74. The van der Waals surface area contributed by atoms with Gasteiger partial charge in [0, 0.05) is 28.4 Å². The van der Waals surface area contributed by atoms with E-state index in [0.29, 0.717) is 17.2 Å². The maximum atomic E-state index is 11.1. The van der Waals surface area contributed by atoms with Gasteiger partial charge in [-0.2, -0.15) is 0 Å². The summed E-state index contributed by atoms with van der Waals surface area (Å²) in [6.45, 7) is 3.87. The van der Waals surface area contributed by atoms with Crippen molar-refractivity contribution in [2.45, 2.75) is 13.8 Å². The van der Waals surface area contributed by atoms with Crippen molar-refractivity contribution in [2.75, 3.05) is 0 Å². The van der Waals surface area contributed by atoms with E-state index in [9.17, 15) is 15.2 Å². The van der Waals surface area contributed by atoms with Gasteiger partial charge in [-0.3, -0.25) is 15.1 Å². The summed E-state index contributed by atoms with van der Waals surface area (Å²) in [5.41, 5.74) is 4.43. The fourth-order valence-electron chi connectivity index (χ4n) is 3.13. The first kappa shape index (κ1) is 19.6. The minimum absolute atomic E-state index is 0.133. The smallest absolute Gasteiger partial charge is 0.312 e. The fourth-order valence-corrected chi connectivity index (χ4v) is 3.35. The van der Waals surface area contributed by atoms with Crippen LogP contribution in [0, 0.1) is 24.0 Å². The molecule has 150 valence electrons. The van der Waals surface area contributed by atoms with Gasteiger partial charge in [-0.25, -0.2) is 4.98 Å². The molecule has 7 nitrogen and oxygen atoms in total. The molecule has 0 amide bonds. The van der Waals surface area contributed by atoms with Crippen LogP contribution in [-0.4, -0.2) is 21.2 Å². The van der Waals surface area contributed by atoms with Crippen molar-refractivity contribution >= 4 is 40.3 Å². The average molecular weight is 422 g/mol. The second-order valence-electron chi connectivity index (χ2n) is 6.82. The van der Waals surface area contributed by atoms with Crippen LogP contribution in [0.5, 0.6) is 5.75 Å². The fraction of sp³-hybridized carbons (Fsp3) is 0.0909. The summed E-state index contributed by atoms with van der Waals surface area (Å²) >= 11 is 5.94. The van der Waals surface area contributed by atoms with Crippen LogP contribution >= 0.6 is 11.6 Å². The Morgan fingerprint density at radius 3 is 2.77 bits per heavy atom. The monoisotopic (exact) mass is 421 g/mol. The minimum Gasteiger partial charge on any atom is -0.502 e. The molecule has 1 aromatic heterocycles. The Morgan fingerprint density at radius 2 is 2.00 bits per heavy atom. The first-order valence-corrected chi connectivity index (χ1v) is 9.39. The number of oxazole rings is 1. The van der Waals surface area contributed by atoms with Crippen molar-refractivity contribution in [3.8, 4) is 17.2 Å². The molecule has 0 saturated heterocycles. The Kier molecular flexibility index (Phi) is 4.97. The molecule has 0 atom stereocenters. The number of aliphatic imine (C=N–C) groups is 1. The Bertz CT molecular complexity index is 1330. The first-order valence-electron chi connectivity index (χ1n) is 9.01. The molecule has 0 unspecified atom stereocenters. The summed E-state index contributed by atoms with van der Waals surface area (Å²) in [4.78, 5) is 19.3. The maximum absolute atomic E-state index is 11.1. The summed E-state index contributed by atoms with van der Waals surface area (Å²) < 4.78 is 5.89. The number of aryl methyl sites for hydroxylation is 1. The predicted molar refractivity (Wildman–Crippen MR) is 116 cm³/mol. The molecule has 0 radical (unpaired) electrons. The quantitative estimate of drug-likeness (QED) is 0.242. The van der Waals surface area contributed by atoms with Crippen LogP contribution in [0.15, 0.2) is 57.9 Å². The molecular weight excluding hydrogens is 406 g/mol. The highest BCUT2D eigenvalue weighted by Gasteiger charge is 2.18. The SMILES string of the molecule is Cc1ccc2oc(-c3cccc(N=Cc4cc(Cl)cc([N+](=O)[O-])c4O)c3C)nc2c1. The van der Waals surface area contributed by atoms with Crippen molar-refractivity contribution < 1.29 is 14.4 Å². The van der Waals surface area contributed by atoms with E-state index in [4.69, 9.17) is 16.0 Å². The standard InChI is InChI=1S/C22H16ClN3O4/c1-12-6-7-20-18(8-12)25-22(30-20)16-4-3-5-17(13(16)2)24-11-14-9-15(23)10-19(21(14)27)26(28)29/h3-11,27H,1-2H3. The number of nitro benzene ring substituents is 1. The van der Waals surface area contributed by atoms with Crippen LogP contribution in [0.4, 0.5) is 11.4 Å². The lowest BCUT2D eigenvalue weighted by molar-refractivity contribution is -0.385. The second-order valence-corrected chi connectivity index (χ2v) is 7.25. The van der Waals surface area contributed by atoms with Gasteiger partial charge in [0.2, 0.25) is 11.6 Å². The van der Waals surface area contributed by atoms with E-state index in [0.717, 1.165) is 28.3 Å². The molecule has 0 bridgehead atoms. The number of nitrogens with zero attached hydrogens (tertiary/aromatic N) is 3. The summed E-state index contributed by atoms with van der Waals surface area (Å²) in [5, 5.41) is 21.4. The van der Waals surface area contributed by atoms with Gasteiger partial charge in [0.1, 0.15) is 5.52 Å². The summed E-state index contributed by atoms with van der Waals surface area (Å²) in [7, 11) is 0. The zero-order valence-corrected chi connectivity index (χ0v) is 16.8. The number of rotatable bonds is 4. The molecule has 0 saturated carbocycles. The molecular formula is C22H16ClN3O4. The van der Waals surface area contributed by atoms with Gasteiger partial charge in [-0.05, 0) is 55.3 Å². The van der Waals surface area contributed by atoms with Crippen LogP contribution in [0.2, 0.25) is 5.02 Å². The molecule has 3 aromatic carbocycles. The maximum Gasteiger partial charge on any atom is 0.312 e. The zero-order valence-electron chi connectivity index (χ0n) is 16.1. The first-order chi connectivity index (χ1) is 14.3. The van der Waals surface area contributed by atoms with Crippen LogP contribution in [0.3, 0.4) is 0 Å². The van der Waals surface area contributed by atoms with Crippen LogP contribution in [0.25, 0.3) is 22.6 Å². The average Bonchev–Trinajstić information content (AvgIpc) is 3.11. The Morgan fingerprint density at radius 1 is 1.20 bits per heavy atom. The van der Waals surface area contributed by atoms with Crippen molar-refractivity contribution in [1.29, 1.82) is 0 Å². The van der Waals surface area contributed by atoms with Crippen molar-refractivity contribution in [2.24, 2.45) is 4.99 Å². The molecule has 8 heteroatoms. The van der Waals surface area contributed by atoms with Gasteiger partial charge in [0.25, 0.3) is 0 Å². The van der Waals surface area contributed by atoms with Gasteiger partial charge >= 0.3 is 5.69 Å². The normalized spacial score (nSPS) is 11.4. The van der Waals surface area contributed by atoms with Gasteiger partial charge < -0.3 is 9.52 Å². The van der Waals surface area contributed by atoms with E-state index in [2.05, 4.69) is 9.98 Å². The lowest BCUT2D eigenvalue weighted by Gasteiger charge is -2.05. The van der Waals surface area contributed by atoms with Crippen molar-refractivity contribution in [3.63, 3.8) is 0 Å². The summed E-state index contributed by atoms with van der Waals surface area (Å²) in [6.07, 6.45) is 1.34. The number of fused-ring (bicyclic) bond motifs is 1. The van der Waals surface area contributed by atoms with E-state index in [1.807, 2.05) is 44.2 Å². The van der Waals surface area contributed by atoms with Crippen molar-refractivity contribution in [1.82, 2.24) is 4.98 Å². The van der Waals surface area contributed by atoms with E-state index < -0.39 is 16.4 Å². The van der Waals surface area contributed by atoms with E-state index in [1.165, 1.54) is 12.3 Å². The highest BCUT2D eigenvalue weighted by atomic mass is 35.5. The third-order valence-electron chi connectivity index (χ3n) is 4.70. The van der Waals surface area contributed by atoms with E-state index in [1.54, 1.807) is 6.07 Å². The predicted octanol–water partition coefficient (Wildman–Crippen LogP) is 6.13. The molecule has 1 heterocycles. The van der Waals surface area contributed by atoms with Gasteiger partial charge in [0.05, 0.1) is 10.6 Å². The Hall–Kier alpha value is -3.71. The van der Waals surface area contributed by atoms with E-state index in [-0.39, 0.29) is 10.6 Å². The molecule has 0 fully saturated rings. The molecule has 4 rings (SSSR count). The Labute approximate surface area is 176 Å². The number of halogens is 1. The zero-order chi connectivity index (χ0) is 21.4. The molecule has 0 aliphatic carbocycles. The van der Waals surface area contributed by atoms with Gasteiger partial charge in [-0.15, -0.1) is 0 Å². The molecule has 0 aliphatic heterocycles. The number of aromatic nitrogens is 1. The lowest BCUT2D eigenvalue weighted by Crippen LogP contribution is -1.93. The number of phenolic OH excluding ortho intramolecular Hbond substituents is 1. The molecule has 30 heavy (non-hydrogen) atoms. The number of hydrogen-bond acceptors (Lipinski definition) is 6. The van der Waals surface area contributed by atoms with Gasteiger partial charge in [-0.1, -0.05) is 23.7 Å². The number of aromatic hydroxyl groups is 1. The van der Waals surface area contributed by atoms with E-state index >= 15 is 0 Å². The highest BCUT2D eigenvalue weighted by molar-refractivity contribution is 6.31. The van der Waals surface area contributed by atoms with Crippen LogP contribution in [0.1, 0.15) is 16.7 Å². The number of benzene rings is 3. The number of phenols is 1. The van der Waals surface area contributed by atoms with Crippen LogP contribution < -0.4 is 0 Å².